The quantitative estimate of drug-likeness (QED) is 0.730. The highest BCUT2D eigenvalue weighted by atomic mass is 35.5. The highest BCUT2D eigenvalue weighted by Gasteiger charge is 1.99. The summed E-state index contributed by atoms with van der Waals surface area (Å²) in [6, 6.07) is 1.91. The van der Waals surface area contributed by atoms with Gasteiger partial charge >= 0.3 is 0 Å². The van der Waals surface area contributed by atoms with Crippen LogP contribution in [0.1, 0.15) is 17.5 Å². The fraction of sp³-hybridized carbons (Fsp3) is 0.444. The highest BCUT2D eigenvalue weighted by Crippen LogP contribution is 2.13. The van der Waals surface area contributed by atoms with Crippen LogP contribution in [0.5, 0.6) is 0 Å². The van der Waals surface area contributed by atoms with Crippen molar-refractivity contribution in [2.24, 2.45) is 5.73 Å². The molecular formula is C9H13ClN2. The van der Waals surface area contributed by atoms with Gasteiger partial charge in [0.05, 0.1) is 0 Å². The smallest absolute Gasteiger partial charge is 0.129 e. The lowest BCUT2D eigenvalue weighted by atomic mass is 10.1. The second kappa shape index (κ2) is 4.43. The van der Waals surface area contributed by atoms with Gasteiger partial charge in [-0.05, 0) is 43.5 Å². The molecule has 1 heterocycles. The van der Waals surface area contributed by atoms with Crippen LogP contribution in [0.25, 0.3) is 0 Å². The van der Waals surface area contributed by atoms with E-state index in [-0.39, 0.29) is 0 Å². The molecular weight excluding hydrogens is 172 g/mol. The van der Waals surface area contributed by atoms with E-state index in [0.717, 1.165) is 19.4 Å². The minimum absolute atomic E-state index is 0.563. The Morgan fingerprint density at radius 1 is 1.58 bits per heavy atom. The Kier molecular flexibility index (Phi) is 3.50. The molecule has 0 saturated carbocycles. The maximum Gasteiger partial charge on any atom is 0.129 e. The first-order chi connectivity index (χ1) is 5.74. The summed E-state index contributed by atoms with van der Waals surface area (Å²) in [6.07, 6.45) is 3.79. The zero-order chi connectivity index (χ0) is 8.97. The average Bonchev–Trinajstić information content (AvgIpc) is 2.07. The number of pyridine rings is 1. The molecule has 0 radical (unpaired) electrons. The van der Waals surface area contributed by atoms with Gasteiger partial charge in [0.15, 0.2) is 0 Å². The van der Waals surface area contributed by atoms with Crippen LogP contribution >= 0.6 is 11.6 Å². The van der Waals surface area contributed by atoms with Crippen LogP contribution in [0.2, 0.25) is 5.15 Å². The van der Waals surface area contributed by atoms with Gasteiger partial charge in [-0.1, -0.05) is 11.6 Å². The molecule has 0 aliphatic carbocycles. The Morgan fingerprint density at radius 3 is 3.00 bits per heavy atom. The van der Waals surface area contributed by atoms with Crippen molar-refractivity contribution in [3.05, 3.63) is 28.5 Å². The summed E-state index contributed by atoms with van der Waals surface area (Å²) < 4.78 is 0. The van der Waals surface area contributed by atoms with E-state index >= 15 is 0 Å². The predicted octanol–water partition coefficient (Wildman–Crippen LogP) is 1.93. The van der Waals surface area contributed by atoms with Gasteiger partial charge in [-0.3, -0.25) is 0 Å². The molecule has 1 rings (SSSR count). The van der Waals surface area contributed by atoms with Gasteiger partial charge in [-0.2, -0.15) is 0 Å². The predicted molar refractivity (Wildman–Crippen MR) is 51.4 cm³/mol. The van der Waals surface area contributed by atoms with E-state index in [1.165, 1.54) is 11.1 Å². The van der Waals surface area contributed by atoms with E-state index in [9.17, 15) is 0 Å². The van der Waals surface area contributed by atoms with Crippen LogP contribution in [0.4, 0.5) is 0 Å². The third-order valence-electron chi connectivity index (χ3n) is 1.83. The van der Waals surface area contributed by atoms with E-state index in [2.05, 4.69) is 4.98 Å². The number of hydrogen-bond donors (Lipinski definition) is 1. The molecule has 0 saturated heterocycles. The normalized spacial score (nSPS) is 10.2. The molecule has 1 aromatic rings. The van der Waals surface area contributed by atoms with Crippen molar-refractivity contribution in [2.75, 3.05) is 6.54 Å². The Hall–Kier alpha value is -0.600. The maximum atomic E-state index is 5.75. The van der Waals surface area contributed by atoms with E-state index < -0.39 is 0 Å². The molecule has 12 heavy (non-hydrogen) atoms. The fourth-order valence-corrected chi connectivity index (χ4v) is 1.28. The first-order valence-corrected chi connectivity index (χ1v) is 4.43. The molecule has 0 aliphatic rings. The van der Waals surface area contributed by atoms with Gasteiger partial charge in [0.1, 0.15) is 5.15 Å². The minimum Gasteiger partial charge on any atom is -0.330 e. The minimum atomic E-state index is 0.563. The molecule has 0 fully saturated rings. The van der Waals surface area contributed by atoms with Crippen LogP contribution in [0.3, 0.4) is 0 Å². The molecule has 0 bridgehead atoms. The van der Waals surface area contributed by atoms with Gasteiger partial charge in [-0.15, -0.1) is 0 Å². The molecule has 1 aromatic heterocycles. The number of halogens is 1. The van der Waals surface area contributed by atoms with Gasteiger partial charge in [0, 0.05) is 6.20 Å². The fourth-order valence-electron chi connectivity index (χ4n) is 1.10. The monoisotopic (exact) mass is 184 g/mol. The zero-order valence-electron chi connectivity index (χ0n) is 7.18. The average molecular weight is 185 g/mol. The van der Waals surface area contributed by atoms with Gasteiger partial charge in [-0.25, -0.2) is 4.98 Å². The summed E-state index contributed by atoms with van der Waals surface area (Å²) in [5.41, 5.74) is 7.85. The molecule has 0 aliphatic heterocycles. The van der Waals surface area contributed by atoms with Crippen molar-refractivity contribution in [3.8, 4) is 0 Å². The summed E-state index contributed by atoms with van der Waals surface area (Å²) in [5.74, 6) is 0. The largest absolute Gasteiger partial charge is 0.330 e. The molecule has 2 N–H and O–H groups in total. The van der Waals surface area contributed by atoms with Crippen molar-refractivity contribution in [1.29, 1.82) is 0 Å². The SMILES string of the molecule is Cc1cnc(Cl)cc1CCCN. The van der Waals surface area contributed by atoms with Crippen molar-refractivity contribution in [2.45, 2.75) is 19.8 Å². The van der Waals surface area contributed by atoms with E-state index in [4.69, 9.17) is 17.3 Å². The van der Waals surface area contributed by atoms with Gasteiger partial charge in [0.2, 0.25) is 0 Å². The van der Waals surface area contributed by atoms with Crippen LogP contribution in [-0.4, -0.2) is 11.5 Å². The number of aryl methyl sites for hydroxylation is 2. The lowest BCUT2D eigenvalue weighted by Gasteiger charge is -2.03. The Morgan fingerprint density at radius 2 is 2.33 bits per heavy atom. The zero-order valence-corrected chi connectivity index (χ0v) is 7.93. The molecule has 0 amide bonds. The standard InChI is InChI=1S/C9H13ClN2/c1-7-6-12-9(10)5-8(7)3-2-4-11/h5-6H,2-4,11H2,1H3. The first-order valence-electron chi connectivity index (χ1n) is 4.05. The van der Waals surface area contributed by atoms with Crippen molar-refractivity contribution in [1.82, 2.24) is 4.98 Å². The van der Waals surface area contributed by atoms with Crippen LogP contribution in [0, 0.1) is 6.92 Å². The number of rotatable bonds is 3. The molecule has 0 atom stereocenters. The molecule has 0 spiro atoms. The van der Waals surface area contributed by atoms with Gasteiger partial charge in [0.25, 0.3) is 0 Å². The summed E-state index contributed by atoms with van der Waals surface area (Å²) in [4.78, 5) is 3.98. The van der Waals surface area contributed by atoms with Crippen molar-refractivity contribution in [3.63, 3.8) is 0 Å². The topological polar surface area (TPSA) is 38.9 Å². The molecule has 66 valence electrons. The Labute approximate surface area is 77.8 Å². The lowest BCUT2D eigenvalue weighted by Crippen LogP contribution is -2.01. The number of nitrogens with zero attached hydrogens (tertiary/aromatic N) is 1. The Bertz CT molecular complexity index is 261. The number of nitrogens with two attached hydrogens (primary N) is 1. The van der Waals surface area contributed by atoms with Crippen LogP contribution in [0.15, 0.2) is 12.3 Å². The van der Waals surface area contributed by atoms with Crippen molar-refractivity contribution >= 4 is 11.6 Å². The van der Waals surface area contributed by atoms with Crippen LogP contribution < -0.4 is 5.73 Å². The summed E-state index contributed by atoms with van der Waals surface area (Å²) in [6.45, 7) is 2.76. The second-order valence-electron chi connectivity index (χ2n) is 2.83. The number of aromatic nitrogens is 1. The van der Waals surface area contributed by atoms with E-state index in [0.29, 0.717) is 5.15 Å². The lowest BCUT2D eigenvalue weighted by molar-refractivity contribution is 0.826. The third-order valence-corrected chi connectivity index (χ3v) is 2.04. The van der Waals surface area contributed by atoms with Gasteiger partial charge < -0.3 is 5.73 Å². The number of hydrogen-bond acceptors (Lipinski definition) is 2. The summed E-state index contributed by atoms with van der Waals surface area (Å²) >= 11 is 5.75. The molecule has 3 heteroatoms. The summed E-state index contributed by atoms with van der Waals surface area (Å²) in [5, 5.41) is 0.563. The third kappa shape index (κ3) is 2.47. The highest BCUT2D eigenvalue weighted by molar-refractivity contribution is 6.29. The van der Waals surface area contributed by atoms with E-state index in [1.807, 2.05) is 13.0 Å². The maximum absolute atomic E-state index is 5.75. The van der Waals surface area contributed by atoms with E-state index in [1.54, 1.807) is 6.20 Å². The van der Waals surface area contributed by atoms with Crippen LogP contribution in [-0.2, 0) is 6.42 Å². The first kappa shape index (κ1) is 9.49. The molecule has 0 unspecified atom stereocenters. The van der Waals surface area contributed by atoms with Crippen molar-refractivity contribution < 1.29 is 0 Å². The second-order valence-corrected chi connectivity index (χ2v) is 3.21. The molecule has 0 aromatic carbocycles. The molecule has 2 nitrogen and oxygen atoms in total. The Balaban J connectivity index is 2.75. The summed E-state index contributed by atoms with van der Waals surface area (Å²) in [7, 11) is 0.